The first-order valence-corrected chi connectivity index (χ1v) is 10.6. The number of rotatable bonds is 4. The second kappa shape index (κ2) is 8.26. The number of esters is 3. The van der Waals surface area contributed by atoms with Gasteiger partial charge >= 0.3 is 17.9 Å². The van der Waals surface area contributed by atoms with E-state index in [0.29, 0.717) is 23.1 Å². The summed E-state index contributed by atoms with van der Waals surface area (Å²) in [5, 5.41) is 0. The van der Waals surface area contributed by atoms with Crippen molar-refractivity contribution in [3.05, 3.63) is 71.8 Å². The van der Waals surface area contributed by atoms with Crippen LogP contribution in [0.4, 0.5) is 0 Å². The second-order valence-electron chi connectivity index (χ2n) is 8.49. The minimum absolute atomic E-state index is 0.171. The number of hydrogen-bond donors (Lipinski definition) is 0. The van der Waals surface area contributed by atoms with E-state index in [1.54, 1.807) is 0 Å². The van der Waals surface area contributed by atoms with Crippen molar-refractivity contribution >= 4 is 29.1 Å². The monoisotopic (exact) mass is 434 g/mol. The molecule has 166 valence electrons. The minimum Gasteiger partial charge on any atom is -0.469 e. The highest BCUT2D eigenvalue weighted by atomic mass is 16.6. The van der Waals surface area contributed by atoms with Crippen molar-refractivity contribution in [2.24, 2.45) is 16.7 Å². The van der Waals surface area contributed by atoms with Gasteiger partial charge in [0.2, 0.25) is 0 Å². The highest BCUT2D eigenvalue weighted by Crippen LogP contribution is 2.64. The van der Waals surface area contributed by atoms with Gasteiger partial charge in [-0.05, 0) is 35.1 Å². The van der Waals surface area contributed by atoms with Crippen molar-refractivity contribution in [3.63, 3.8) is 0 Å². The maximum absolute atomic E-state index is 13.6. The maximum atomic E-state index is 13.6. The normalized spacial score (nSPS) is 27.2. The molecule has 1 fully saturated rings. The first kappa shape index (κ1) is 21.8. The van der Waals surface area contributed by atoms with E-state index in [4.69, 9.17) is 14.2 Å². The fourth-order valence-corrected chi connectivity index (χ4v) is 5.37. The number of cyclic esters (lactones) is 1. The van der Waals surface area contributed by atoms with Gasteiger partial charge < -0.3 is 14.2 Å². The van der Waals surface area contributed by atoms with Gasteiger partial charge in [-0.1, -0.05) is 67.6 Å². The molecule has 2 aliphatic rings. The highest BCUT2D eigenvalue weighted by Gasteiger charge is 2.69. The Hall–Kier alpha value is -3.41. The van der Waals surface area contributed by atoms with E-state index in [-0.39, 0.29) is 13.0 Å². The summed E-state index contributed by atoms with van der Waals surface area (Å²) >= 11 is 0. The fraction of sp³-hybridized carbons (Fsp3) is 0.346. The molecular formula is C26H26O6. The molecule has 32 heavy (non-hydrogen) atoms. The number of hydrogen-bond acceptors (Lipinski definition) is 6. The van der Waals surface area contributed by atoms with Crippen molar-refractivity contribution < 1.29 is 28.6 Å². The molecule has 1 aliphatic heterocycles. The largest absolute Gasteiger partial charge is 0.469 e. The highest BCUT2D eigenvalue weighted by molar-refractivity contribution is 6.20. The van der Waals surface area contributed by atoms with E-state index in [2.05, 4.69) is 0 Å². The van der Waals surface area contributed by atoms with Crippen LogP contribution in [-0.4, -0.2) is 38.7 Å². The van der Waals surface area contributed by atoms with E-state index >= 15 is 0 Å². The SMILES string of the molecule is COC(=O)[C@H]1C[C@@]2(C)CCOC(=O)[C@@]2(C(=O)OC)C(c2ccccc2)=C1c1ccccc1. The van der Waals surface area contributed by atoms with Crippen molar-refractivity contribution in [2.45, 2.75) is 19.8 Å². The van der Waals surface area contributed by atoms with Crippen LogP contribution in [0.3, 0.4) is 0 Å². The molecular weight excluding hydrogens is 408 g/mol. The summed E-state index contributed by atoms with van der Waals surface area (Å²) in [5.74, 6) is -2.39. The van der Waals surface area contributed by atoms with Crippen LogP contribution in [0.25, 0.3) is 11.1 Å². The third-order valence-electron chi connectivity index (χ3n) is 6.87. The summed E-state index contributed by atoms with van der Waals surface area (Å²) in [7, 11) is 2.63. The minimum atomic E-state index is -1.71. The summed E-state index contributed by atoms with van der Waals surface area (Å²) in [6, 6.07) is 18.5. The lowest BCUT2D eigenvalue weighted by atomic mass is 9.49. The molecule has 0 amide bonds. The Bertz CT molecular complexity index is 1060. The topological polar surface area (TPSA) is 78.9 Å². The maximum Gasteiger partial charge on any atom is 0.328 e. The Labute approximate surface area is 187 Å². The zero-order chi connectivity index (χ0) is 22.9. The summed E-state index contributed by atoms with van der Waals surface area (Å²) in [4.78, 5) is 40.2. The molecule has 3 atom stereocenters. The number of methoxy groups -OCH3 is 2. The van der Waals surface area contributed by atoms with Gasteiger partial charge in [0.1, 0.15) is 0 Å². The third-order valence-corrected chi connectivity index (χ3v) is 6.87. The lowest BCUT2D eigenvalue weighted by Gasteiger charge is -2.53. The molecule has 0 aromatic heterocycles. The predicted octanol–water partition coefficient (Wildman–Crippen LogP) is 3.90. The number of ether oxygens (including phenoxy) is 3. The van der Waals surface area contributed by atoms with Gasteiger partial charge in [0.25, 0.3) is 0 Å². The average Bonchev–Trinajstić information content (AvgIpc) is 2.83. The summed E-state index contributed by atoms with van der Waals surface area (Å²) in [6.45, 7) is 2.04. The molecule has 0 unspecified atom stereocenters. The summed E-state index contributed by atoms with van der Waals surface area (Å²) in [5.41, 5.74) is -0.175. The van der Waals surface area contributed by atoms with Crippen LogP contribution in [0, 0.1) is 16.7 Å². The van der Waals surface area contributed by atoms with E-state index in [0.717, 1.165) is 5.56 Å². The second-order valence-corrected chi connectivity index (χ2v) is 8.49. The number of benzene rings is 2. The molecule has 6 nitrogen and oxygen atoms in total. The molecule has 0 bridgehead atoms. The number of carbonyl (C=O) groups excluding carboxylic acids is 3. The molecule has 0 saturated carbocycles. The summed E-state index contributed by atoms with van der Waals surface area (Å²) in [6.07, 6.45) is 0.671. The Kier molecular flexibility index (Phi) is 5.63. The van der Waals surface area contributed by atoms with Crippen molar-refractivity contribution in [2.75, 3.05) is 20.8 Å². The van der Waals surface area contributed by atoms with Crippen LogP contribution in [-0.2, 0) is 28.6 Å². The molecule has 0 radical (unpaired) electrons. The quantitative estimate of drug-likeness (QED) is 0.413. The molecule has 1 aliphatic carbocycles. The predicted molar refractivity (Wildman–Crippen MR) is 118 cm³/mol. The third kappa shape index (κ3) is 3.05. The van der Waals surface area contributed by atoms with Gasteiger partial charge in [-0.25, -0.2) is 0 Å². The molecule has 1 heterocycles. The molecule has 1 saturated heterocycles. The molecule has 4 rings (SSSR count). The van der Waals surface area contributed by atoms with Gasteiger partial charge in [-0.3, -0.25) is 14.4 Å². The molecule has 2 aromatic carbocycles. The van der Waals surface area contributed by atoms with Crippen molar-refractivity contribution in [1.82, 2.24) is 0 Å². The first-order chi connectivity index (χ1) is 15.4. The molecule has 0 spiro atoms. The Morgan fingerprint density at radius 1 is 0.938 bits per heavy atom. The standard InChI is InChI=1S/C26H26O6/c1-25-14-15-32-24(29)26(25,23(28)31-3)21(18-12-8-5-9-13-18)20(17-10-6-4-7-11-17)19(16-25)22(27)30-2/h4-13,19H,14-16H2,1-3H3/t19-,25+,26-/m0/s1. The van der Waals surface area contributed by atoms with Crippen LogP contribution < -0.4 is 0 Å². The van der Waals surface area contributed by atoms with Crippen molar-refractivity contribution in [3.8, 4) is 0 Å². The van der Waals surface area contributed by atoms with E-state index in [1.807, 2.05) is 67.6 Å². The van der Waals surface area contributed by atoms with E-state index in [1.165, 1.54) is 14.2 Å². The average molecular weight is 434 g/mol. The van der Waals surface area contributed by atoms with E-state index in [9.17, 15) is 14.4 Å². The number of fused-ring (bicyclic) bond motifs is 1. The Balaban J connectivity index is 2.20. The smallest absolute Gasteiger partial charge is 0.328 e. The Morgan fingerprint density at radius 3 is 2.09 bits per heavy atom. The molecule has 2 aromatic rings. The van der Waals surface area contributed by atoms with E-state index < -0.39 is 34.7 Å². The first-order valence-electron chi connectivity index (χ1n) is 10.6. The lowest BCUT2D eigenvalue weighted by molar-refractivity contribution is -0.187. The van der Waals surface area contributed by atoms with Crippen LogP contribution in [0.5, 0.6) is 0 Å². The van der Waals surface area contributed by atoms with Gasteiger partial charge in [-0.2, -0.15) is 0 Å². The zero-order valence-electron chi connectivity index (χ0n) is 18.4. The molecule has 0 N–H and O–H groups in total. The van der Waals surface area contributed by atoms with Crippen LogP contribution in [0.1, 0.15) is 30.9 Å². The van der Waals surface area contributed by atoms with Crippen LogP contribution >= 0.6 is 0 Å². The van der Waals surface area contributed by atoms with Gasteiger partial charge in [0, 0.05) is 5.41 Å². The van der Waals surface area contributed by atoms with Crippen LogP contribution in [0.15, 0.2) is 60.7 Å². The van der Waals surface area contributed by atoms with Gasteiger partial charge in [-0.15, -0.1) is 0 Å². The number of carbonyl (C=O) groups is 3. The molecule has 6 heteroatoms. The fourth-order valence-electron chi connectivity index (χ4n) is 5.37. The van der Waals surface area contributed by atoms with Gasteiger partial charge in [0.05, 0.1) is 26.7 Å². The van der Waals surface area contributed by atoms with Crippen LogP contribution in [0.2, 0.25) is 0 Å². The Morgan fingerprint density at radius 2 is 1.53 bits per heavy atom. The lowest BCUT2D eigenvalue weighted by Crippen LogP contribution is -2.60. The zero-order valence-corrected chi connectivity index (χ0v) is 18.4. The van der Waals surface area contributed by atoms with Gasteiger partial charge in [0.15, 0.2) is 5.41 Å². The van der Waals surface area contributed by atoms with Crippen molar-refractivity contribution in [1.29, 1.82) is 0 Å². The summed E-state index contributed by atoms with van der Waals surface area (Å²) < 4.78 is 16.0.